The predicted octanol–water partition coefficient (Wildman–Crippen LogP) is 17.6. The van der Waals surface area contributed by atoms with Gasteiger partial charge in [0.15, 0.2) is 0 Å². The van der Waals surface area contributed by atoms with Gasteiger partial charge in [0.2, 0.25) is 5.91 Å². The molecule has 65 heavy (non-hydrogen) atoms. The van der Waals surface area contributed by atoms with Gasteiger partial charge in [-0.15, -0.1) is 0 Å². The first kappa shape index (κ1) is 63.1. The number of aliphatic hydroxyl groups excluding tert-OH is 2. The maximum absolute atomic E-state index is 13.3. The van der Waals surface area contributed by atoms with Gasteiger partial charge in [0.25, 0.3) is 0 Å². The Morgan fingerprint density at radius 2 is 0.831 bits per heavy atom. The molecule has 0 aromatic carbocycles. The number of amides is 1. The third kappa shape index (κ3) is 48.3. The number of unbranched alkanes of at least 4 members (excludes halogenated alkanes) is 36. The molecule has 0 fully saturated rings. The van der Waals surface area contributed by atoms with Crippen molar-refractivity contribution in [3.63, 3.8) is 0 Å². The minimum atomic E-state index is -0.788. The first-order valence-corrected chi connectivity index (χ1v) is 28.7. The molecule has 0 spiro atoms. The molecule has 0 heterocycles. The Hall–Kier alpha value is -1.92. The molecule has 0 aromatic heterocycles. The van der Waals surface area contributed by atoms with Gasteiger partial charge in [-0.1, -0.05) is 282 Å². The van der Waals surface area contributed by atoms with Crippen LogP contribution in [0.3, 0.4) is 0 Å². The summed E-state index contributed by atoms with van der Waals surface area (Å²) in [6.45, 7) is 6.39. The monoisotopic (exact) mass is 914 g/mol. The molecule has 0 radical (unpaired) electrons. The molecule has 1 amide bonds. The third-order valence-electron chi connectivity index (χ3n) is 13.3. The molecule has 0 saturated carbocycles. The Kier molecular flexibility index (Phi) is 51.5. The number of rotatable bonds is 52. The van der Waals surface area contributed by atoms with E-state index >= 15 is 0 Å². The maximum atomic E-state index is 13.3. The Morgan fingerprint density at radius 3 is 1.25 bits per heavy atom. The quantitative estimate of drug-likeness (QED) is 0.0321. The van der Waals surface area contributed by atoms with Gasteiger partial charge < -0.3 is 20.3 Å². The van der Waals surface area contributed by atoms with Crippen molar-refractivity contribution in [2.24, 2.45) is 0 Å². The smallest absolute Gasteiger partial charge is 0.306 e. The zero-order valence-corrected chi connectivity index (χ0v) is 43.6. The minimum Gasteiger partial charge on any atom is -0.462 e. The summed E-state index contributed by atoms with van der Waals surface area (Å²) in [6.07, 6.45) is 63.5. The van der Waals surface area contributed by atoms with Gasteiger partial charge >= 0.3 is 5.97 Å². The van der Waals surface area contributed by atoms with E-state index in [9.17, 15) is 19.8 Å². The lowest BCUT2D eigenvalue weighted by Gasteiger charge is -2.24. The lowest BCUT2D eigenvalue weighted by atomic mass is 10.0. The topological polar surface area (TPSA) is 95.9 Å². The molecular weight excluding hydrogens is 803 g/mol. The van der Waals surface area contributed by atoms with Crippen molar-refractivity contribution in [2.75, 3.05) is 6.61 Å². The van der Waals surface area contributed by atoms with Gasteiger partial charge in [-0.2, -0.15) is 0 Å². The highest BCUT2D eigenvalue weighted by molar-refractivity contribution is 5.77. The summed E-state index contributed by atoms with van der Waals surface area (Å²) >= 11 is 0. The minimum absolute atomic E-state index is 0.0774. The van der Waals surface area contributed by atoms with Crippen LogP contribution < -0.4 is 5.32 Å². The Balaban J connectivity index is 4.52. The van der Waals surface area contributed by atoms with Crippen molar-refractivity contribution in [1.29, 1.82) is 0 Å². The molecule has 0 aromatic rings. The number of nitrogens with one attached hydrogen (secondary N) is 1. The van der Waals surface area contributed by atoms with Crippen LogP contribution in [0.1, 0.15) is 303 Å². The average molecular weight is 915 g/mol. The van der Waals surface area contributed by atoms with Gasteiger partial charge in [-0.25, -0.2) is 0 Å². The molecule has 3 N–H and O–H groups in total. The lowest BCUT2D eigenvalue weighted by molar-refractivity contribution is -0.151. The van der Waals surface area contributed by atoms with E-state index in [4.69, 9.17) is 4.74 Å². The number of carbonyl (C=O) groups is 2. The standard InChI is InChI=1S/C59H111NO5/c1-4-7-10-13-16-19-22-25-28-31-33-36-39-42-45-48-51-57(62)56(54-61)60-58(63)53-55(50-47-44-41-38-35-32-29-26-23-20-17-14-11-8-5-2)65-59(64)52-49-46-43-40-37-34-30-27-24-21-18-15-12-9-6-3/h9,12,15,18,21,24,55-57,61-62H,4-8,10-11,13-14,16-17,19-20,22-23,25-54H2,1-3H3,(H,60,63)/b12-9+,18-15+,24-21+. The molecule has 0 aliphatic carbocycles. The summed E-state index contributed by atoms with van der Waals surface area (Å²) in [5.74, 6) is -0.470. The van der Waals surface area contributed by atoms with Crippen LogP contribution in [0.25, 0.3) is 0 Å². The second-order valence-corrected chi connectivity index (χ2v) is 19.7. The predicted molar refractivity (Wildman–Crippen MR) is 282 cm³/mol. The van der Waals surface area contributed by atoms with Crippen molar-refractivity contribution < 1.29 is 24.5 Å². The molecule has 0 saturated heterocycles. The molecule has 3 unspecified atom stereocenters. The average Bonchev–Trinajstić information content (AvgIpc) is 3.30. The number of hydrogen-bond donors (Lipinski definition) is 3. The van der Waals surface area contributed by atoms with Crippen molar-refractivity contribution in [3.8, 4) is 0 Å². The zero-order valence-electron chi connectivity index (χ0n) is 43.6. The molecule has 0 rings (SSSR count). The van der Waals surface area contributed by atoms with E-state index in [0.29, 0.717) is 19.3 Å². The molecule has 0 bridgehead atoms. The van der Waals surface area contributed by atoms with Crippen molar-refractivity contribution in [2.45, 2.75) is 322 Å². The van der Waals surface area contributed by atoms with E-state index in [1.807, 2.05) is 0 Å². The summed E-state index contributed by atoms with van der Waals surface area (Å²) < 4.78 is 5.96. The number of ether oxygens (including phenoxy) is 1. The lowest BCUT2D eigenvalue weighted by Crippen LogP contribution is -2.46. The van der Waals surface area contributed by atoms with E-state index in [2.05, 4.69) is 62.5 Å². The zero-order chi connectivity index (χ0) is 47.4. The Bertz CT molecular complexity index is 1070. The highest BCUT2D eigenvalue weighted by Gasteiger charge is 2.24. The first-order valence-electron chi connectivity index (χ1n) is 28.7. The van der Waals surface area contributed by atoms with Gasteiger partial charge in [-0.3, -0.25) is 9.59 Å². The van der Waals surface area contributed by atoms with E-state index < -0.39 is 18.2 Å². The van der Waals surface area contributed by atoms with Crippen LogP contribution in [0, 0.1) is 0 Å². The van der Waals surface area contributed by atoms with E-state index in [-0.39, 0.29) is 24.9 Å². The normalized spacial score (nSPS) is 13.4. The fourth-order valence-electron chi connectivity index (χ4n) is 8.96. The SMILES string of the molecule is CC/C=C/C=C/C=C/CCCCCCCCCC(=O)OC(CCCCCCCCCCCCCCCCC)CC(=O)NC(CO)C(O)CCCCCCCCCCCCCCCCCC. The summed E-state index contributed by atoms with van der Waals surface area (Å²) in [5.41, 5.74) is 0. The van der Waals surface area contributed by atoms with Crippen molar-refractivity contribution >= 4 is 11.9 Å². The van der Waals surface area contributed by atoms with Gasteiger partial charge in [0, 0.05) is 6.42 Å². The summed E-state index contributed by atoms with van der Waals surface area (Å²) in [5, 5.41) is 23.9. The Morgan fingerprint density at radius 1 is 0.462 bits per heavy atom. The van der Waals surface area contributed by atoms with Crippen LogP contribution in [-0.2, 0) is 14.3 Å². The van der Waals surface area contributed by atoms with Crippen LogP contribution in [0.5, 0.6) is 0 Å². The van der Waals surface area contributed by atoms with Gasteiger partial charge in [-0.05, 0) is 44.9 Å². The molecule has 3 atom stereocenters. The van der Waals surface area contributed by atoms with Crippen LogP contribution in [0.2, 0.25) is 0 Å². The van der Waals surface area contributed by atoms with Gasteiger partial charge in [0.1, 0.15) is 6.10 Å². The first-order chi connectivity index (χ1) is 32.0. The van der Waals surface area contributed by atoms with Crippen LogP contribution >= 0.6 is 0 Å². The largest absolute Gasteiger partial charge is 0.462 e. The third-order valence-corrected chi connectivity index (χ3v) is 13.3. The maximum Gasteiger partial charge on any atom is 0.306 e. The molecule has 382 valence electrons. The number of esters is 1. The van der Waals surface area contributed by atoms with E-state index in [1.165, 1.54) is 199 Å². The van der Waals surface area contributed by atoms with Crippen molar-refractivity contribution in [1.82, 2.24) is 5.32 Å². The second kappa shape index (κ2) is 53.0. The molecule has 6 heteroatoms. The highest BCUT2D eigenvalue weighted by atomic mass is 16.5. The number of aliphatic hydroxyl groups is 2. The van der Waals surface area contributed by atoms with Crippen molar-refractivity contribution in [3.05, 3.63) is 36.5 Å². The summed E-state index contributed by atoms with van der Waals surface area (Å²) in [6, 6.07) is -0.701. The fourth-order valence-corrected chi connectivity index (χ4v) is 8.96. The number of allylic oxidation sites excluding steroid dienone is 6. The highest BCUT2D eigenvalue weighted by Crippen LogP contribution is 2.19. The van der Waals surface area contributed by atoms with Crippen LogP contribution in [-0.4, -0.2) is 46.9 Å². The number of hydrogen-bond acceptors (Lipinski definition) is 5. The van der Waals surface area contributed by atoms with Crippen LogP contribution in [0.4, 0.5) is 0 Å². The van der Waals surface area contributed by atoms with E-state index in [0.717, 1.165) is 57.8 Å². The molecule has 6 nitrogen and oxygen atoms in total. The Labute approximate surface area is 404 Å². The second-order valence-electron chi connectivity index (χ2n) is 19.7. The fraction of sp³-hybridized carbons (Fsp3) is 0.864. The molecule has 0 aliphatic rings. The van der Waals surface area contributed by atoms with Gasteiger partial charge in [0.05, 0.1) is 25.2 Å². The van der Waals surface area contributed by atoms with E-state index in [1.54, 1.807) is 0 Å². The summed E-state index contributed by atoms with van der Waals surface area (Å²) in [4.78, 5) is 26.3. The molecular formula is C59H111NO5. The number of carbonyl (C=O) groups excluding carboxylic acids is 2. The summed E-state index contributed by atoms with van der Waals surface area (Å²) in [7, 11) is 0. The molecule has 0 aliphatic heterocycles. The van der Waals surface area contributed by atoms with Crippen LogP contribution in [0.15, 0.2) is 36.5 Å².